The molecular formula is C26H31N5O3. The first kappa shape index (κ1) is 22.4. The Hall–Kier alpha value is -3.42. The van der Waals surface area contributed by atoms with Gasteiger partial charge in [0.15, 0.2) is 0 Å². The van der Waals surface area contributed by atoms with E-state index in [9.17, 15) is 9.59 Å². The van der Waals surface area contributed by atoms with Crippen LogP contribution in [0.4, 0.5) is 5.69 Å². The van der Waals surface area contributed by atoms with Crippen molar-refractivity contribution in [1.29, 1.82) is 0 Å². The van der Waals surface area contributed by atoms with E-state index in [0.717, 1.165) is 30.2 Å². The Labute approximate surface area is 199 Å². The largest absolute Gasteiger partial charge is 0.489 e. The number of nitrogens with zero attached hydrogens (tertiary/aromatic N) is 3. The van der Waals surface area contributed by atoms with Crippen molar-refractivity contribution in [2.24, 2.45) is 5.41 Å². The molecule has 1 atom stereocenters. The summed E-state index contributed by atoms with van der Waals surface area (Å²) in [6.07, 6.45) is 9.48. The van der Waals surface area contributed by atoms with Crippen LogP contribution in [-0.4, -0.2) is 39.2 Å². The van der Waals surface area contributed by atoms with Crippen LogP contribution in [0.25, 0.3) is 10.9 Å². The number of nitrogens with one attached hydrogen (secondary N) is 2. The molecule has 2 amide bonds. The second-order valence-electron chi connectivity index (χ2n) is 10.2. The zero-order valence-corrected chi connectivity index (χ0v) is 19.7. The predicted octanol–water partition coefficient (Wildman–Crippen LogP) is 4.48. The Bertz CT molecular complexity index is 1190. The maximum atomic E-state index is 12.8. The van der Waals surface area contributed by atoms with Gasteiger partial charge in [0, 0.05) is 30.3 Å². The Balaban J connectivity index is 1.42. The van der Waals surface area contributed by atoms with Gasteiger partial charge >= 0.3 is 0 Å². The highest BCUT2D eigenvalue weighted by Crippen LogP contribution is 2.40. The van der Waals surface area contributed by atoms with Crippen molar-refractivity contribution in [2.75, 3.05) is 11.9 Å². The second-order valence-corrected chi connectivity index (χ2v) is 10.2. The topological polar surface area (TPSA) is 98.1 Å². The highest BCUT2D eigenvalue weighted by Gasteiger charge is 2.28. The number of amides is 2. The van der Waals surface area contributed by atoms with E-state index in [4.69, 9.17) is 9.84 Å². The van der Waals surface area contributed by atoms with Crippen LogP contribution in [0.5, 0.6) is 5.75 Å². The van der Waals surface area contributed by atoms with Crippen LogP contribution in [0.2, 0.25) is 0 Å². The number of benzene rings is 1. The van der Waals surface area contributed by atoms with E-state index in [1.807, 2.05) is 12.1 Å². The first-order chi connectivity index (χ1) is 16.4. The SMILES string of the molecule is CC1(C)CCC(n2cc3cc(NC(=O)c4ccccn4)c(OC[C@H]4CCC(=O)N4)cc3n2)CC1. The minimum Gasteiger partial charge on any atom is -0.489 e. The maximum Gasteiger partial charge on any atom is 0.274 e. The number of hydrogen-bond donors (Lipinski definition) is 2. The van der Waals surface area contributed by atoms with E-state index in [-0.39, 0.29) is 17.9 Å². The Morgan fingerprint density at radius 3 is 2.76 bits per heavy atom. The molecule has 8 nitrogen and oxygen atoms in total. The fraction of sp³-hybridized carbons (Fsp3) is 0.462. The van der Waals surface area contributed by atoms with Gasteiger partial charge < -0.3 is 15.4 Å². The molecule has 0 bridgehead atoms. The molecule has 0 unspecified atom stereocenters. The third-order valence-electron chi connectivity index (χ3n) is 6.98. The van der Waals surface area contributed by atoms with Crippen molar-refractivity contribution in [3.05, 3.63) is 48.4 Å². The molecule has 34 heavy (non-hydrogen) atoms. The average Bonchev–Trinajstić information content (AvgIpc) is 3.43. The molecule has 1 aliphatic carbocycles. The lowest BCUT2D eigenvalue weighted by molar-refractivity contribution is -0.119. The molecule has 0 spiro atoms. The zero-order chi connectivity index (χ0) is 23.7. The summed E-state index contributed by atoms with van der Waals surface area (Å²) in [7, 11) is 0. The minimum absolute atomic E-state index is 0.0364. The number of hydrogen-bond acceptors (Lipinski definition) is 5. The van der Waals surface area contributed by atoms with Gasteiger partial charge in [0.2, 0.25) is 5.91 Å². The van der Waals surface area contributed by atoms with Gasteiger partial charge in [-0.15, -0.1) is 0 Å². The number of fused-ring (bicyclic) bond motifs is 1. The third-order valence-corrected chi connectivity index (χ3v) is 6.98. The van der Waals surface area contributed by atoms with Gasteiger partial charge in [-0.3, -0.25) is 19.3 Å². The number of ether oxygens (including phenoxy) is 1. The van der Waals surface area contributed by atoms with Gasteiger partial charge in [-0.25, -0.2) is 0 Å². The molecule has 2 aliphatic rings. The van der Waals surface area contributed by atoms with Crippen molar-refractivity contribution in [3.63, 3.8) is 0 Å². The molecule has 8 heteroatoms. The normalized spacial score (nSPS) is 20.3. The summed E-state index contributed by atoms with van der Waals surface area (Å²) in [6.45, 7) is 4.99. The monoisotopic (exact) mass is 461 g/mol. The molecular weight excluding hydrogens is 430 g/mol. The van der Waals surface area contributed by atoms with Crippen molar-refractivity contribution in [3.8, 4) is 5.75 Å². The molecule has 5 rings (SSSR count). The average molecular weight is 462 g/mol. The molecule has 2 fully saturated rings. The molecule has 178 valence electrons. The van der Waals surface area contributed by atoms with Crippen molar-refractivity contribution >= 4 is 28.4 Å². The summed E-state index contributed by atoms with van der Waals surface area (Å²) in [6, 6.07) is 9.36. The number of aromatic nitrogens is 3. The smallest absolute Gasteiger partial charge is 0.274 e. The van der Waals surface area contributed by atoms with E-state index < -0.39 is 0 Å². The van der Waals surface area contributed by atoms with Gasteiger partial charge in [-0.05, 0) is 55.7 Å². The standard InChI is InChI=1S/C26H31N5O3/c1-26(2)10-8-19(9-11-26)31-15-17-13-22(29-25(33)20-5-3-4-12-27-20)23(14-21(17)30-31)34-16-18-6-7-24(32)28-18/h3-5,12-15,18-19H,6-11,16H2,1-2H3,(H,28,32)(H,29,33)/t18-/m1/s1. The lowest BCUT2D eigenvalue weighted by Gasteiger charge is -2.34. The van der Waals surface area contributed by atoms with Gasteiger partial charge in [0.25, 0.3) is 5.91 Å². The summed E-state index contributed by atoms with van der Waals surface area (Å²) < 4.78 is 8.17. The summed E-state index contributed by atoms with van der Waals surface area (Å²) in [5, 5.41) is 11.7. The highest BCUT2D eigenvalue weighted by atomic mass is 16.5. The molecule has 2 aromatic heterocycles. The first-order valence-electron chi connectivity index (χ1n) is 12.0. The second kappa shape index (κ2) is 9.08. The van der Waals surface area contributed by atoms with E-state index >= 15 is 0 Å². The van der Waals surface area contributed by atoms with Crippen molar-refractivity contribution in [2.45, 2.75) is 64.5 Å². The van der Waals surface area contributed by atoms with Crippen molar-refractivity contribution in [1.82, 2.24) is 20.1 Å². The van der Waals surface area contributed by atoms with Crippen LogP contribution in [0.3, 0.4) is 0 Å². The highest BCUT2D eigenvalue weighted by molar-refractivity contribution is 6.05. The molecule has 1 saturated carbocycles. The van der Waals surface area contributed by atoms with Crippen LogP contribution in [-0.2, 0) is 4.79 Å². The number of anilines is 1. The van der Waals surface area contributed by atoms with Crippen LogP contribution >= 0.6 is 0 Å². The van der Waals surface area contributed by atoms with Crippen molar-refractivity contribution < 1.29 is 14.3 Å². The van der Waals surface area contributed by atoms with Gasteiger partial charge in [0.1, 0.15) is 18.1 Å². The van der Waals surface area contributed by atoms with E-state index in [0.29, 0.717) is 41.6 Å². The quantitative estimate of drug-likeness (QED) is 0.564. The molecule has 1 aliphatic heterocycles. The minimum atomic E-state index is -0.305. The zero-order valence-electron chi connectivity index (χ0n) is 19.7. The molecule has 1 saturated heterocycles. The molecule has 3 aromatic rings. The lowest BCUT2D eigenvalue weighted by Crippen LogP contribution is -2.31. The number of pyridine rings is 1. The van der Waals surface area contributed by atoms with E-state index in [1.165, 1.54) is 12.8 Å². The molecule has 0 radical (unpaired) electrons. The van der Waals surface area contributed by atoms with Gasteiger partial charge in [-0.1, -0.05) is 19.9 Å². The van der Waals surface area contributed by atoms with Crippen LogP contribution in [0.1, 0.15) is 68.9 Å². The maximum absolute atomic E-state index is 12.8. The third kappa shape index (κ3) is 4.90. The van der Waals surface area contributed by atoms with Gasteiger partial charge in [-0.2, -0.15) is 5.10 Å². The number of rotatable bonds is 6. The summed E-state index contributed by atoms with van der Waals surface area (Å²) in [4.78, 5) is 28.5. The van der Waals surface area contributed by atoms with E-state index in [2.05, 4.69) is 40.3 Å². The fourth-order valence-electron chi connectivity index (χ4n) is 4.80. The number of carbonyl (C=O) groups excluding carboxylic acids is 2. The molecule has 2 N–H and O–H groups in total. The van der Waals surface area contributed by atoms with Gasteiger partial charge in [0.05, 0.1) is 23.3 Å². The number of carbonyl (C=O) groups is 2. The molecule has 3 heterocycles. The van der Waals surface area contributed by atoms with Crippen LogP contribution in [0, 0.1) is 5.41 Å². The summed E-state index contributed by atoms with van der Waals surface area (Å²) in [5.41, 5.74) is 2.11. The Morgan fingerprint density at radius 2 is 2.06 bits per heavy atom. The Morgan fingerprint density at radius 1 is 1.24 bits per heavy atom. The van der Waals surface area contributed by atoms with E-state index in [1.54, 1.807) is 24.4 Å². The Kier molecular flexibility index (Phi) is 5.98. The summed E-state index contributed by atoms with van der Waals surface area (Å²) >= 11 is 0. The molecule has 1 aromatic carbocycles. The predicted molar refractivity (Wildman–Crippen MR) is 130 cm³/mol. The lowest BCUT2D eigenvalue weighted by atomic mass is 9.76. The van der Waals surface area contributed by atoms with Crippen LogP contribution < -0.4 is 15.4 Å². The van der Waals surface area contributed by atoms with Crippen LogP contribution in [0.15, 0.2) is 42.7 Å². The summed E-state index contributed by atoms with van der Waals surface area (Å²) in [5.74, 6) is 0.274. The fourth-order valence-corrected chi connectivity index (χ4v) is 4.80. The first-order valence-corrected chi connectivity index (χ1v) is 12.0.